The number of nitrogens with one attached hydrogen (secondary N) is 1. The summed E-state index contributed by atoms with van der Waals surface area (Å²) in [7, 11) is 1.59. The molecule has 1 heterocycles. The zero-order valence-corrected chi connectivity index (χ0v) is 17.6. The molecule has 0 aliphatic rings. The van der Waals surface area contributed by atoms with Gasteiger partial charge in [-0.3, -0.25) is 9.59 Å². The predicted octanol–water partition coefficient (Wildman–Crippen LogP) is 4.62. The van der Waals surface area contributed by atoms with Crippen LogP contribution in [0, 0.1) is 0 Å². The van der Waals surface area contributed by atoms with Gasteiger partial charge in [0, 0.05) is 23.5 Å². The first-order valence-electron chi connectivity index (χ1n) is 10.2. The van der Waals surface area contributed by atoms with Crippen molar-refractivity contribution >= 4 is 39.4 Å². The van der Waals surface area contributed by atoms with Crippen molar-refractivity contribution in [3.8, 4) is 5.75 Å². The highest BCUT2D eigenvalue weighted by Crippen LogP contribution is 2.31. The number of likely N-dealkylation sites (N-methyl/N-ethyl adjacent to an activating group) is 1. The molecule has 0 saturated heterocycles. The lowest BCUT2D eigenvalue weighted by molar-refractivity contribution is -0.135. The summed E-state index contributed by atoms with van der Waals surface area (Å²) in [6, 6.07) is 20.9. The number of carbonyl (C=O) groups is 2. The maximum atomic E-state index is 12.5. The standard InChI is InChI=1S/C25H24N2O4/c1-3-17-8-4-6-10-21(17)26-24(28)15-27(2)25(29)16-30-18-12-13-23-20(14-18)19-9-5-7-11-22(19)31-23/h4-14H,3,15-16H2,1-2H3,(H,26,28). The molecule has 0 spiro atoms. The van der Waals surface area contributed by atoms with Crippen LogP contribution in [-0.2, 0) is 16.0 Å². The predicted molar refractivity (Wildman–Crippen MR) is 121 cm³/mol. The van der Waals surface area contributed by atoms with E-state index in [0.29, 0.717) is 5.75 Å². The van der Waals surface area contributed by atoms with Crippen LogP contribution >= 0.6 is 0 Å². The van der Waals surface area contributed by atoms with Crippen LogP contribution in [0.25, 0.3) is 21.9 Å². The molecule has 31 heavy (non-hydrogen) atoms. The Hall–Kier alpha value is -3.80. The third-order valence-corrected chi connectivity index (χ3v) is 5.19. The highest BCUT2D eigenvalue weighted by atomic mass is 16.5. The fourth-order valence-electron chi connectivity index (χ4n) is 3.49. The third kappa shape index (κ3) is 4.53. The molecule has 0 radical (unpaired) electrons. The molecular weight excluding hydrogens is 392 g/mol. The SMILES string of the molecule is CCc1ccccc1NC(=O)CN(C)C(=O)COc1ccc2oc3ccccc3c2c1. The van der Waals surface area contributed by atoms with Gasteiger partial charge in [0.15, 0.2) is 6.61 Å². The number of hydrogen-bond donors (Lipinski definition) is 1. The van der Waals surface area contributed by atoms with Crippen LogP contribution in [0.4, 0.5) is 5.69 Å². The Kier molecular flexibility index (Phi) is 5.89. The molecule has 0 aliphatic carbocycles. The molecule has 0 unspecified atom stereocenters. The monoisotopic (exact) mass is 416 g/mol. The molecule has 3 aromatic carbocycles. The van der Waals surface area contributed by atoms with Crippen LogP contribution in [0.3, 0.4) is 0 Å². The Bertz CT molecular complexity index is 1240. The molecule has 4 rings (SSSR count). The van der Waals surface area contributed by atoms with E-state index >= 15 is 0 Å². The summed E-state index contributed by atoms with van der Waals surface area (Å²) in [4.78, 5) is 26.2. The second kappa shape index (κ2) is 8.92. The highest BCUT2D eigenvalue weighted by molar-refractivity contribution is 6.05. The Morgan fingerprint density at radius 3 is 2.55 bits per heavy atom. The molecule has 0 bridgehead atoms. The van der Waals surface area contributed by atoms with Crippen molar-refractivity contribution in [1.29, 1.82) is 0 Å². The number of ether oxygens (including phenoxy) is 1. The number of nitrogens with zero attached hydrogens (tertiary/aromatic N) is 1. The Morgan fingerprint density at radius 2 is 1.71 bits per heavy atom. The minimum absolute atomic E-state index is 0.0500. The molecule has 0 fully saturated rings. The van der Waals surface area contributed by atoms with Crippen LogP contribution in [0.15, 0.2) is 71.1 Å². The Morgan fingerprint density at radius 1 is 0.968 bits per heavy atom. The Labute approximate surface area is 180 Å². The van der Waals surface area contributed by atoms with Gasteiger partial charge < -0.3 is 19.4 Å². The summed E-state index contributed by atoms with van der Waals surface area (Å²) in [5.41, 5.74) is 3.39. The Balaban J connectivity index is 1.35. The van der Waals surface area contributed by atoms with Crippen molar-refractivity contribution in [2.45, 2.75) is 13.3 Å². The van der Waals surface area contributed by atoms with E-state index in [1.165, 1.54) is 4.90 Å². The molecule has 0 atom stereocenters. The molecule has 2 amide bonds. The summed E-state index contributed by atoms with van der Waals surface area (Å²) < 4.78 is 11.5. The number of hydrogen-bond acceptors (Lipinski definition) is 4. The lowest BCUT2D eigenvalue weighted by Gasteiger charge is -2.18. The number of aryl methyl sites for hydroxylation is 1. The number of benzene rings is 3. The smallest absolute Gasteiger partial charge is 0.260 e. The lowest BCUT2D eigenvalue weighted by Crippen LogP contribution is -2.37. The molecule has 0 aliphatic heterocycles. The van der Waals surface area contributed by atoms with Crippen LogP contribution in [0.5, 0.6) is 5.75 Å². The van der Waals surface area contributed by atoms with Gasteiger partial charge in [-0.15, -0.1) is 0 Å². The van der Waals surface area contributed by atoms with Crippen molar-refractivity contribution in [2.24, 2.45) is 0 Å². The van der Waals surface area contributed by atoms with E-state index in [9.17, 15) is 9.59 Å². The zero-order valence-electron chi connectivity index (χ0n) is 17.6. The van der Waals surface area contributed by atoms with Crippen LogP contribution in [-0.4, -0.2) is 36.9 Å². The van der Waals surface area contributed by atoms with Gasteiger partial charge in [-0.1, -0.05) is 43.3 Å². The fourth-order valence-corrected chi connectivity index (χ4v) is 3.49. The van der Waals surface area contributed by atoms with Gasteiger partial charge in [0.05, 0.1) is 6.54 Å². The maximum absolute atomic E-state index is 12.5. The third-order valence-electron chi connectivity index (χ3n) is 5.19. The molecule has 4 aromatic rings. The van der Waals surface area contributed by atoms with Crippen molar-refractivity contribution in [3.05, 3.63) is 72.3 Å². The van der Waals surface area contributed by atoms with Gasteiger partial charge in [0.2, 0.25) is 5.91 Å². The fraction of sp³-hybridized carbons (Fsp3) is 0.200. The largest absolute Gasteiger partial charge is 0.484 e. The van der Waals surface area contributed by atoms with Crippen LogP contribution in [0.1, 0.15) is 12.5 Å². The van der Waals surface area contributed by atoms with E-state index in [4.69, 9.17) is 9.15 Å². The topological polar surface area (TPSA) is 71.8 Å². The zero-order chi connectivity index (χ0) is 21.8. The summed E-state index contributed by atoms with van der Waals surface area (Å²) in [5, 5.41) is 4.80. The second-order valence-corrected chi connectivity index (χ2v) is 7.35. The van der Waals surface area contributed by atoms with Crippen molar-refractivity contribution in [3.63, 3.8) is 0 Å². The quantitative estimate of drug-likeness (QED) is 0.477. The summed E-state index contributed by atoms with van der Waals surface area (Å²) in [5.74, 6) is 0.0428. The molecule has 1 N–H and O–H groups in total. The molecular formula is C25H24N2O4. The van der Waals surface area contributed by atoms with E-state index in [1.807, 2.05) is 67.6 Å². The minimum atomic E-state index is -0.281. The summed E-state index contributed by atoms with van der Waals surface area (Å²) >= 11 is 0. The number of rotatable bonds is 7. The number of anilines is 1. The number of amides is 2. The van der Waals surface area contributed by atoms with Crippen LogP contribution in [0.2, 0.25) is 0 Å². The van der Waals surface area contributed by atoms with Crippen molar-refractivity contribution < 1.29 is 18.7 Å². The maximum Gasteiger partial charge on any atom is 0.260 e. The number of furan rings is 1. The first-order chi connectivity index (χ1) is 15.0. The minimum Gasteiger partial charge on any atom is -0.484 e. The van der Waals surface area contributed by atoms with Crippen molar-refractivity contribution in [2.75, 3.05) is 25.5 Å². The van der Waals surface area contributed by atoms with E-state index < -0.39 is 0 Å². The molecule has 0 saturated carbocycles. The molecule has 158 valence electrons. The number of fused-ring (bicyclic) bond motifs is 3. The summed E-state index contributed by atoms with van der Waals surface area (Å²) in [6.45, 7) is 1.82. The number of para-hydroxylation sites is 2. The average molecular weight is 416 g/mol. The van der Waals surface area contributed by atoms with Gasteiger partial charge in [0.1, 0.15) is 16.9 Å². The summed E-state index contributed by atoms with van der Waals surface area (Å²) in [6.07, 6.45) is 0.815. The van der Waals surface area contributed by atoms with E-state index in [0.717, 1.165) is 39.6 Å². The average Bonchev–Trinajstić information content (AvgIpc) is 3.15. The number of carbonyl (C=O) groups excluding carboxylic acids is 2. The first-order valence-corrected chi connectivity index (χ1v) is 10.2. The van der Waals surface area contributed by atoms with E-state index in [2.05, 4.69) is 5.32 Å². The van der Waals surface area contributed by atoms with Gasteiger partial charge in [-0.25, -0.2) is 0 Å². The molecule has 6 nitrogen and oxygen atoms in total. The van der Waals surface area contributed by atoms with Gasteiger partial charge in [-0.2, -0.15) is 0 Å². The molecule has 1 aromatic heterocycles. The highest BCUT2D eigenvalue weighted by Gasteiger charge is 2.15. The normalized spacial score (nSPS) is 10.9. The van der Waals surface area contributed by atoms with Gasteiger partial charge >= 0.3 is 0 Å². The van der Waals surface area contributed by atoms with Crippen molar-refractivity contribution in [1.82, 2.24) is 4.90 Å². The lowest BCUT2D eigenvalue weighted by atomic mass is 10.1. The van der Waals surface area contributed by atoms with E-state index in [1.54, 1.807) is 13.1 Å². The van der Waals surface area contributed by atoms with E-state index in [-0.39, 0.29) is 25.0 Å². The van der Waals surface area contributed by atoms with Gasteiger partial charge in [0.25, 0.3) is 5.91 Å². The van der Waals surface area contributed by atoms with Crippen LogP contribution < -0.4 is 10.1 Å². The van der Waals surface area contributed by atoms with Gasteiger partial charge in [-0.05, 0) is 42.3 Å². The second-order valence-electron chi connectivity index (χ2n) is 7.35. The molecule has 6 heteroatoms. The first kappa shape index (κ1) is 20.5.